The van der Waals surface area contributed by atoms with Gasteiger partial charge in [0.2, 0.25) is 11.8 Å². The molecule has 1 aromatic rings. The summed E-state index contributed by atoms with van der Waals surface area (Å²) in [6, 6.07) is 7.85. The summed E-state index contributed by atoms with van der Waals surface area (Å²) in [5.41, 5.74) is 0.402. The molecule has 2 heterocycles. The van der Waals surface area contributed by atoms with E-state index in [9.17, 15) is 9.59 Å². The van der Waals surface area contributed by atoms with Crippen LogP contribution in [0.4, 0.5) is 0 Å². The number of hydrogen-bond acceptors (Lipinski definition) is 4. The maximum atomic E-state index is 12.5. The molecular weight excluding hydrogens is 268 g/mol. The van der Waals surface area contributed by atoms with Gasteiger partial charge in [0, 0.05) is 12.5 Å². The average Bonchev–Trinajstić information content (AvgIpc) is 2.48. The summed E-state index contributed by atoms with van der Waals surface area (Å²) in [4.78, 5) is 26.0. The molecule has 112 valence electrons. The number of hydrogen-bond donors (Lipinski definition) is 1. The highest BCUT2D eigenvalue weighted by Gasteiger charge is 2.41. The first-order chi connectivity index (χ1) is 9.99. The van der Waals surface area contributed by atoms with Crippen LogP contribution in [0, 0.1) is 0 Å². The molecule has 2 aliphatic heterocycles. The van der Waals surface area contributed by atoms with E-state index in [1.54, 1.807) is 0 Å². The molecule has 0 radical (unpaired) electrons. The first-order valence-corrected chi connectivity index (χ1v) is 7.30. The first-order valence-electron chi connectivity index (χ1n) is 7.30. The van der Waals surface area contributed by atoms with Crippen molar-refractivity contribution in [2.45, 2.75) is 31.7 Å². The largest absolute Gasteiger partial charge is 0.493 e. The van der Waals surface area contributed by atoms with Crippen LogP contribution in [0.15, 0.2) is 24.3 Å². The third kappa shape index (κ3) is 2.53. The number of nitrogens with one attached hydrogen (secondary N) is 1. The number of imide groups is 1. The van der Waals surface area contributed by atoms with E-state index in [-0.39, 0.29) is 24.3 Å². The summed E-state index contributed by atoms with van der Waals surface area (Å²) >= 11 is 0. The maximum absolute atomic E-state index is 12.5. The Labute approximate surface area is 124 Å². The zero-order valence-corrected chi connectivity index (χ0v) is 12.4. The molecule has 0 saturated carbocycles. The van der Waals surface area contributed by atoms with E-state index in [1.807, 2.05) is 38.1 Å². The zero-order chi connectivity index (χ0) is 15.0. The number of ether oxygens (including phenoxy) is 1. The van der Waals surface area contributed by atoms with E-state index in [4.69, 9.17) is 4.74 Å². The van der Waals surface area contributed by atoms with Gasteiger partial charge in [0.05, 0.1) is 18.7 Å². The zero-order valence-electron chi connectivity index (χ0n) is 12.4. The summed E-state index contributed by atoms with van der Waals surface area (Å²) < 4.78 is 5.64. The minimum atomic E-state index is -0.682. The molecular formula is C16H20N2O3. The van der Waals surface area contributed by atoms with E-state index >= 15 is 0 Å². The van der Waals surface area contributed by atoms with E-state index in [1.165, 1.54) is 4.90 Å². The van der Waals surface area contributed by atoms with E-state index < -0.39 is 5.54 Å². The lowest BCUT2D eigenvalue weighted by Crippen LogP contribution is -2.64. The van der Waals surface area contributed by atoms with Crippen LogP contribution < -0.4 is 10.1 Å². The molecule has 1 atom stereocenters. The number of carbonyl (C=O) groups excluding carboxylic acids is 2. The SMILES string of the molecule is CC1(C)NCC(=O)N(CC2CCOc3ccccc32)C1=O. The van der Waals surface area contributed by atoms with Crippen LogP contribution in [0.5, 0.6) is 5.75 Å². The fourth-order valence-corrected chi connectivity index (χ4v) is 2.93. The van der Waals surface area contributed by atoms with Gasteiger partial charge in [0.1, 0.15) is 5.75 Å². The number of rotatable bonds is 2. The van der Waals surface area contributed by atoms with Crippen LogP contribution in [-0.2, 0) is 9.59 Å². The number of benzene rings is 1. The summed E-state index contributed by atoms with van der Waals surface area (Å²) in [7, 11) is 0. The van der Waals surface area contributed by atoms with Crippen molar-refractivity contribution in [2.75, 3.05) is 19.7 Å². The van der Waals surface area contributed by atoms with Crippen LogP contribution in [-0.4, -0.2) is 41.9 Å². The molecule has 21 heavy (non-hydrogen) atoms. The van der Waals surface area contributed by atoms with Crippen LogP contribution in [0.1, 0.15) is 31.7 Å². The van der Waals surface area contributed by atoms with Crippen molar-refractivity contribution in [1.29, 1.82) is 0 Å². The van der Waals surface area contributed by atoms with Gasteiger partial charge < -0.3 is 4.74 Å². The summed E-state index contributed by atoms with van der Waals surface area (Å²) in [6.07, 6.45) is 0.821. The number of fused-ring (bicyclic) bond motifs is 1. The predicted molar refractivity (Wildman–Crippen MR) is 78.1 cm³/mol. The molecule has 0 spiro atoms. The Hall–Kier alpha value is -1.88. The number of nitrogens with zero attached hydrogens (tertiary/aromatic N) is 1. The van der Waals surface area contributed by atoms with Crippen LogP contribution in [0.2, 0.25) is 0 Å². The lowest BCUT2D eigenvalue weighted by Gasteiger charge is -2.39. The predicted octanol–water partition coefficient (Wildman–Crippen LogP) is 1.29. The van der Waals surface area contributed by atoms with Crippen LogP contribution in [0.25, 0.3) is 0 Å². The molecule has 5 nitrogen and oxygen atoms in total. The normalized spacial score (nSPS) is 24.5. The number of amides is 2. The Bertz CT molecular complexity index is 583. The van der Waals surface area contributed by atoms with Crippen molar-refractivity contribution in [3.8, 4) is 5.75 Å². The van der Waals surface area contributed by atoms with Crippen molar-refractivity contribution >= 4 is 11.8 Å². The second kappa shape index (κ2) is 5.15. The molecule has 0 bridgehead atoms. The Kier molecular flexibility index (Phi) is 3.45. The molecule has 0 aliphatic carbocycles. The third-order valence-electron chi connectivity index (χ3n) is 4.25. The minimum Gasteiger partial charge on any atom is -0.493 e. The van der Waals surface area contributed by atoms with E-state index in [2.05, 4.69) is 5.32 Å². The summed E-state index contributed by atoms with van der Waals surface area (Å²) in [6.45, 7) is 4.89. The molecule has 5 heteroatoms. The van der Waals surface area contributed by atoms with E-state index in [0.29, 0.717) is 13.2 Å². The van der Waals surface area contributed by atoms with Gasteiger partial charge in [0.15, 0.2) is 0 Å². The summed E-state index contributed by atoms with van der Waals surface area (Å²) in [5.74, 6) is 0.714. The van der Waals surface area contributed by atoms with Crippen LogP contribution in [0.3, 0.4) is 0 Å². The van der Waals surface area contributed by atoms with Gasteiger partial charge >= 0.3 is 0 Å². The Morgan fingerprint density at radius 1 is 1.33 bits per heavy atom. The molecule has 3 rings (SSSR count). The Balaban J connectivity index is 1.83. The number of carbonyl (C=O) groups is 2. The van der Waals surface area contributed by atoms with Crippen molar-refractivity contribution < 1.29 is 14.3 Å². The molecule has 2 aliphatic rings. The molecule has 1 unspecified atom stereocenters. The van der Waals surface area contributed by atoms with Gasteiger partial charge in [-0.1, -0.05) is 18.2 Å². The lowest BCUT2D eigenvalue weighted by atomic mass is 9.91. The highest BCUT2D eigenvalue weighted by Crippen LogP contribution is 2.34. The maximum Gasteiger partial charge on any atom is 0.248 e. The van der Waals surface area contributed by atoms with Gasteiger partial charge in [-0.25, -0.2) is 0 Å². The van der Waals surface area contributed by atoms with Gasteiger partial charge in [-0.3, -0.25) is 19.8 Å². The van der Waals surface area contributed by atoms with Gasteiger partial charge in [0.25, 0.3) is 0 Å². The topological polar surface area (TPSA) is 58.6 Å². The summed E-state index contributed by atoms with van der Waals surface area (Å²) in [5, 5.41) is 2.98. The number of piperazine rings is 1. The molecule has 1 fully saturated rings. The minimum absolute atomic E-state index is 0.150. The molecule has 1 aromatic carbocycles. The van der Waals surface area contributed by atoms with Crippen molar-refractivity contribution in [3.05, 3.63) is 29.8 Å². The Morgan fingerprint density at radius 3 is 2.90 bits per heavy atom. The quantitative estimate of drug-likeness (QED) is 0.833. The monoisotopic (exact) mass is 288 g/mol. The molecule has 2 amide bonds. The number of para-hydroxylation sites is 1. The van der Waals surface area contributed by atoms with Gasteiger partial charge in [-0.2, -0.15) is 0 Å². The highest BCUT2D eigenvalue weighted by molar-refractivity contribution is 6.03. The molecule has 0 aromatic heterocycles. The smallest absolute Gasteiger partial charge is 0.248 e. The van der Waals surface area contributed by atoms with Crippen molar-refractivity contribution in [2.24, 2.45) is 0 Å². The Morgan fingerprint density at radius 2 is 2.10 bits per heavy atom. The van der Waals surface area contributed by atoms with Crippen molar-refractivity contribution in [3.63, 3.8) is 0 Å². The van der Waals surface area contributed by atoms with Gasteiger partial charge in [-0.05, 0) is 31.9 Å². The average molecular weight is 288 g/mol. The second-order valence-electron chi connectivity index (χ2n) is 6.16. The highest BCUT2D eigenvalue weighted by atomic mass is 16.5. The van der Waals surface area contributed by atoms with Gasteiger partial charge in [-0.15, -0.1) is 0 Å². The lowest BCUT2D eigenvalue weighted by molar-refractivity contribution is -0.152. The second-order valence-corrected chi connectivity index (χ2v) is 6.16. The van der Waals surface area contributed by atoms with E-state index in [0.717, 1.165) is 17.7 Å². The fraction of sp³-hybridized carbons (Fsp3) is 0.500. The molecule has 1 N–H and O–H groups in total. The first kappa shape index (κ1) is 14.1. The van der Waals surface area contributed by atoms with Crippen LogP contribution >= 0.6 is 0 Å². The third-order valence-corrected chi connectivity index (χ3v) is 4.25. The fourth-order valence-electron chi connectivity index (χ4n) is 2.93. The van der Waals surface area contributed by atoms with Crippen molar-refractivity contribution in [1.82, 2.24) is 10.2 Å². The standard InChI is InChI=1S/C16H20N2O3/c1-16(2)15(20)18(14(19)9-17-16)10-11-7-8-21-13-6-4-3-5-12(11)13/h3-6,11,17H,7-10H2,1-2H3. The molecule has 1 saturated heterocycles.